The van der Waals surface area contributed by atoms with Crippen LogP contribution in [-0.2, 0) is 0 Å². The zero-order valence-corrected chi connectivity index (χ0v) is 10.4. The SMILES string of the molecule is CCCC(C)C(=O)c1cccc(Cl)c1Cl. The molecule has 0 heterocycles. The third-order valence-electron chi connectivity index (χ3n) is 2.39. The summed E-state index contributed by atoms with van der Waals surface area (Å²) in [5, 5.41) is 0.804. The van der Waals surface area contributed by atoms with Gasteiger partial charge in [-0.05, 0) is 18.6 Å². The molecule has 0 fully saturated rings. The van der Waals surface area contributed by atoms with Gasteiger partial charge in [-0.15, -0.1) is 0 Å². The highest BCUT2D eigenvalue weighted by molar-refractivity contribution is 6.43. The summed E-state index contributed by atoms with van der Waals surface area (Å²) in [6, 6.07) is 5.16. The van der Waals surface area contributed by atoms with E-state index < -0.39 is 0 Å². The van der Waals surface area contributed by atoms with Crippen molar-refractivity contribution >= 4 is 29.0 Å². The Bertz CT molecular complexity index is 361. The zero-order valence-electron chi connectivity index (χ0n) is 8.89. The van der Waals surface area contributed by atoms with Gasteiger partial charge in [0.1, 0.15) is 0 Å². The Labute approximate surface area is 100 Å². The minimum absolute atomic E-state index is 0.00552. The molecule has 82 valence electrons. The van der Waals surface area contributed by atoms with E-state index in [4.69, 9.17) is 23.2 Å². The second kappa shape index (κ2) is 5.53. The Hall–Kier alpha value is -0.530. The lowest BCUT2D eigenvalue weighted by Crippen LogP contribution is -2.11. The number of halogens is 2. The monoisotopic (exact) mass is 244 g/mol. The van der Waals surface area contributed by atoms with Crippen molar-refractivity contribution in [1.29, 1.82) is 0 Å². The topological polar surface area (TPSA) is 17.1 Å². The summed E-state index contributed by atoms with van der Waals surface area (Å²) < 4.78 is 0. The quantitative estimate of drug-likeness (QED) is 0.708. The molecule has 0 aliphatic carbocycles. The predicted octanol–water partition coefficient (Wildman–Crippen LogP) is 4.61. The van der Waals surface area contributed by atoms with Crippen molar-refractivity contribution in [1.82, 2.24) is 0 Å². The van der Waals surface area contributed by atoms with Gasteiger partial charge in [-0.3, -0.25) is 4.79 Å². The molecule has 0 saturated carbocycles. The molecule has 0 saturated heterocycles. The van der Waals surface area contributed by atoms with E-state index in [0.717, 1.165) is 12.8 Å². The standard InChI is InChI=1S/C12H14Cl2O/c1-3-5-8(2)12(15)9-6-4-7-10(13)11(9)14/h4,6-8H,3,5H2,1-2H3. The maximum atomic E-state index is 12.0. The van der Waals surface area contributed by atoms with Crippen molar-refractivity contribution in [2.75, 3.05) is 0 Å². The predicted molar refractivity (Wildman–Crippen MR) is 64.9 cm³/mol. The van der Waals surface area contributed by atoms with Crippen molar-refractivity contribution in [3.8, 4) is 0 Å². The first-order valence-corrected chi connectivity index (χ1v) is 5.81. The molecule has 0 N–H and O–H groups in total. The van der Waals surface area contributed by atoms with E-state index in [1.807, 2.05) is 6.92 Å². The number of ketones is 1. The molecular formula is C12H14Cl2O. The molecule has 0 aliphatic heterocycles. The fourth-order valence-electron chi connectivity index (χ4n) is 1.52. The van der Waals surface area contributed by atoms with Crippen molar-refractivity contribution in [3.05, 3.63) is 33.8 Å². The number of Topliss-reactive ketones (excluding diaryl/α,β-unsaturated/α-hetero) is 1. The van der Waals surface area contributed by atoms with Crippen LogP contribution < -0.4 is 0 Å². The summed E-state index contributed by atoms with van der Waals surface area (Å²) in [5.74, 6) is 0.0790. The van der Waals surface area contributed by atoms with Crippen LogP contribution in [0.3, 0.4) is 0 Å². The van der Waals surface area contributed by atoms with Gasteiger partial charge >= 0.3 is 0 Å². The third-order valence-corrected chi connectivity index (χ3v) is 3.21. The number of rotatable bonds is 4. The lowest BCUT2D eigenvalue weighted by atomic mass is 9.95. The first-order valence-electron chi connectivity index (χ1n) is 5.06. The maximum Gasteiger partial charge on any atom is 0.167 e. The molecule has 3 heteroatoms. The molecule has 0 aromatic heterocycles. The van der Waals surface area contributed by atoms with Gasteiger partial charge in [0.15, 0.2) is 5.78 Å². The van der Waals surface area contributed by atoms with Crippen LogP contribution in [-0.4, -0.2) is 5.78 Å². The number of benzene rings is 1. The van der Waals surface area contributed by atoms with Gasteiger partial charge in [-0.25, -0.2) is 0 Å². The van der Waals surface area contributed by atoms with E-state index in [9.17, 15) is 4.79 Å². The third kappa shape index (κ3) is 2.96. The molecule has 0 bridgehead atoms. The van der Waals surface area contributed by atoms with Crippen LogP contribution in [0, 0.1) is 5.92 Å². The molecular weight excluding hydrogens is 231 g/mol. The summed E-state index contributed by atoms with van der Waals surface area (Å²) in [5.41, 5.74) is 0.533. The van der Waals surface area contributed by atoms with E-state index in [1.165, 1.54) is 0 Å². The first kappa shape index (κ1) is 12.5. The molecule has 1 rings (SSSR count). The fourth-order valence-corrected chi connectivity index (χ4v) is 1.92. The van der Waals surface area contributed by atoms with Gasteiger partial charge < -0.3 is 0 Å². The molecule has 15 heavy (non-hydrogen) atoms. The Balaban J connectivity index is 2.96. The van der Waals surface area contributed by atoms with Crippen LogP contribution in [0.2, 0.25) is 10.0 Å². The van der Waals surface area contributed by atoms with Gasteiger partial charge in [-0.2, -0.15) is 0 Å². The maximum absolute atomic E-state index is 12.0. The Morgan fingerprint density at radius 3 is 2.67 bits per heavy atom. The lowest BCUT2D eigenvalue weighted by molar-refractivity contribution is 0.0924. The zero-order chi connectivity index (χ0) is 11.4. The van der Waals surface area contributed by atoms with E-state index in [0.29, 0.717) is 15.6 Å². The van der Waals surface area contributed by atoms with Crippen LogP contribution in [0.1, 0.15) is 37.0 Å². The molecule has 1 nitrogen and oxygen atoms in total. The summed E-state index contributed by atoms with van der Waals surface area (Å²) in [6.07, 6.45) is 1.87. The molecule has 1 unspecified atom stereocenters. The fraction of sp³-hybridized carbons (Fsp3) is 0.417. The first-order chi connectivity index (χ1) is 7.07. The second-order valence-corrected chi connectivity index (χ2v) is 4.44. The largest absolute Gasteiger partial charge is 0.294 e. The van der Waals surface area contributed by atoms with E-state index in [2.05, 4.69) is 6.92 Å². The number of carbonyl (C=O) groups is 1. The van der Waals surface area contributed by atoms with Crippen molar-refractivity contribution in [3.63, 3.8) is 0 Å². The number of hydrogen-bond acceptors (Lipinski definition) is 1. The summed E-state index contributed by atoms with van der Waals surface area (Å²) in [4.78, 5) is 12.0. The molecule has 1 atom stereocenters. The van der Waals surface area contributed by atoms with Crippen LogP contribution >= 0.6 is 23.2 Å². The minimum Gasteiger partial charge on any atom is -0.294 e. The lowest BCUT2D eigenvalue weighted by Gasteiger charge is -2.10. The second-order valence-electron chi connectivity index (χ2n) is 3.66. The minimum atomic E-state index is 0.00552. The van der Waals surface area contributed by atoms with Gasteiger partial charge in [0.2, 0.25) is 0 Å². The van der Waals surface area contributed by atoms with Gasteiger partial charge in [0.25, 0.3) is 0 Å². The van der Waals surface area contributed by atoms with Gasteiger partial charge in [0, 0.05) is 11.5 Å². The number of hydrogen-bond donors (Lipinski definition) is 0. The Morgan fingerprint density at radius 2 is 2.07 bits per heavy atom. The van der Waals surface area contributed by atoms with Crippen molar-refractivity contribution in [2.45, 2.75) is 26.7 Å². The summed E-state index contributed by atoms with van der Waals surface area (Å²) in [7, 11) is 0. The molecule has 1 aromatic rings. The van der Waals surface area contributed by atoms with Crippen LogP contribution in [0.5, 0.6) is 0 Å². The highest BCUT2D eigenvalue weighted by Gasteiger charge is 2.18. The van der Waals surface area contributed by atoms with E-state index in [1.54, 1.807) is 18.2 Å². The van der Waals surface area contributed by atoms with E-state index >= 15 is 0 Å². The molecule has 0 aliphatic rings. The average Bonchev–Trinajstić information content (AvgIpc) is 2.21. The summed E-state index contributed by atoms with van der Waals surface area (Å²) in [6.45, 7) is 3.98. The van der Waals surface area contributed by atoms with Gasteiger partial charge in [-0.1, -0.05) is 49.5 Å². The smallest absolute Gasteiger partial charge is 0.167 e. The molecule has 1 aromatic carbocycles. The Kier molecular flexibility index (Phi) is 4.62. The van der Waals surface area contributed by atoms with Crippen LogP contribution in [0.15, 0.2) is 18.2 Å². The van der Waals surface area contributed by atoms with Crippen LogP contribution in [0.25, 0.3) is 0 Å². The summed E-state index contributed by atoms with van der Waals surface area (Å²) >= 11 is 11.8. The average molecular weight is 245 g/mol. The highest BCUT2D eigenvalue weighted by atomic mass is 35.5. The molecule has 0 spiro atoms. The van der Waals surface area contributed by atoms with Crippen LogP contribution in [0.4, 0.5) is 0 Å². The molecule has 0 amide bonds. The Morgan fingerprint density at radius 1 is 1.40 bits per heavy atom. The normalized spacial score (nSPS) is 12.5. The number of carbonyl (C=O) groups excluding carboxylic acids is 1. The van der Waals surface area contributed by atoms with Crippen molar-refractivity contribution < 1.29 is 4.79 Å². The van der Waals surface area contributed by atoms with Crippen molar-refractivity contribution in [2.24, 2.45) is 5.92 Å². The van der Waals surface area contributed by atoms with Gasteiger partial charge in [0.05, 0.1) is 10.0 Å². The highest BCUT2D eigenvalue weighted by Crippen LogP contribution is 2.28. The van der Waals surface area contributed by atoms with E-state index in [-0.39, 0.29) is 11.7 Å². The molecule has 0 radical (unpaired) electrons.